The first-order valence-corrected chi connectivity index (χ1v) is 7.03. The fourth-order valence-corrected chi connectivity index (χ4v) is 2.87. The normalized spacial score (nSPS) is 10.2. The Morgan fingerprint density at radius 2 is 2.00 bits per heavy atom. The van der Waals surface area contributed by atoms with E-state index in [0.29, 0.717) is 20.5 Å². The van der Waals surface area contributed by atoms with E-state index >= 15 is 0 Å². The molecule has 98 valence electrons. The van der Waals surface area contributed by atoms with Crippen molar-refractivity contribution in [2.45, 2.75) is 0 Å². The van der Waals surface area contributed by atoms with Gasteiger partial charge < -0.3 is 10.6 Å². The summed E-state index contributed by atoms with van der Waals surface area (Å²) in [5, 5.41) is 0. The Kier molecular flexibility index (Phi) is 4.19. The van der Waals surface area contributed by atoms with E-state index in [1.807, 2.05) is 18.2 Å². The number of rotatable bonds is 3. The lowest BCUT2D eigenvalue weighted by molar-refractivity contribution is 0.0997. The van der Waals surface area contributed by atoms with Gasteiger partial charge in [-0.1, -0.05) is 36.0 Å². The third-order valence-corrected chi connectivity index (χ3v) is 4.06. The Morgan fingerprint density at radius 3 is 2.58 bits per heavy atom. The maximum atomic E-state index is 12.3. The second-order valence-corrected chi connectivity index (χ2v) is 6.00. The summed E-state index contributed by atoms with van der Waals surface area (Å²) < 4.78 is 0.583. The van der Waals surface area contributed by atoms with Crippen LogP contribution >= 0.6 is 35.2 Å². The van der Waals surface area contributed by atoms with Gasteiger partial charge in [-0.3, -0.25) is 4.79 Å². The molecule has 0 atom stereocenters. The molecule has 0 unspecified atom stereocenters. The standard InChI is InChI=1S/C13H11ClN2OS2/c1-16(13(17)10-6-7-11(14)19-10)9-5-3-2-4-8(9)12(15)18/h2-7H,1H3,(H2,15,18). The molecule has 2 N–H and O–H groups in total. The quantitative estimate of drug-likeness (QED) is 0.885. The van der Waals surface area contributed by atoms with Crippen LogP contribution in [-0.2, 0) is 0 Å². The maximum Gasteiger partial charge on any atom is 0.268 e. The molecular weight excluding hydrogens is 300 g/mol. The molecule has 6 heteroatoms. The first-order valence-electron chi connectivity index (χ1n) is 5.43. The monoisotopic (exact) mass is 310 g/mol. The van der Waals surface area contributed by atoms with Gasteiger partial charge in [0.15, 0.2) is 0 Å². The van der Waals surface area contributed by atoms with Crippen molar-refractivity contribution in [1.29, 1.82) is 0 Å². The fourth-order valence-electron chi connectivity index (χ4n) is 1.68. The van der Waals surface area contributed by atoms with Crippen molar-refractivity contribution >= 4 is 51.7 Å². The predicted molar refractivity (Wildman–Crippen MR) is 84.4 cm³/mol. The lowest BCUT2D eigenvalue weighted by Crippen LogP contribution is -2.28. The lowest BCUT2D eigenvalue weighted by Gasteiger charge is -2.19. The molecule has 0 spiro atoms. The third kappa shape index (κ3) is 2.94. The Hall–Kier alpha value is -1.43. The van der Waals surface area contributed by atoms with Gasteiger partial charge in [-0.25, -0.2) is 0 Å². The predicted octanol–water partition coefficient (Wildman–Crippen LogP) is 3.31. The molecule has 1 amide bonds. The van der Waals surface area contributed by atoms with E-state index in [-0.39, 0.29) is 10.9 Å². The molecule has 2 rings (SSSR count). The van der Waals surface area contributed by atoms with Gasteiger partial charge in [0, 0.05) is 12.6 Å². The largest absolute Gasteiger partial charge is 0.389 e. The van der Waals surface area contributed by atoms with Crippen LogP contribution in [0.25, 0.3) is 0 Å². The summed E-state index contributed by atoms with van der Waals surface area (Å²) in [5.41, 5.74) is 7.03. The van der Waals surface area contributed by atoms with Crippen LogP contribution in [0.2, 0.25) is 4.34 Å². The molecule has 0 aliphatic carbocycles. The number of thiophene rings is 1. The van der Waals surface area contributed by atoms with Crippen molar-refractivity contribution in [2.24, 2.45) is 5.73 Å². The van der Waals surface area contributed by atoms with Crippen LogP contribution in [0.4, 0.5) is 5.69 Å². The fraction of sp³-hybridized carbons (Fsp3) is 0.0769. The van der Waals surface area contributed by atoms with Gasteiger partial charge in [0.25, 0.3) is 5.91 Å². The number of amides is 1. The minimum atomic E-state index is -0.138. The van der Waals surface area contributed by atoms with E-state index in [2.05, 4.69) is 0 Å². The summed E-state index contributed by atoms with van der Waals surface area (Å²) in [6, 6.07) is 10.7. The minimum Gasteiger partial charge on any atom is -0.389 e. The van der Waals surface area contributed by atoms with Crippen LogP contribution in [0.5, 0.6) is 0 Å². The Morgan fingerprint density at radius 1 is 1.32 bits per heavy atom. The van der Waals surface area contributed by atoms with Gasteiger partial charge >= 0.3 is 0 Å². The third-order valence-electron chi connectivity index (χ3n) is 2.62. The maximum absolute atomic E-state index is 12.3. The first kappa shape index (κ1) is 14.0. The average molecular weight is 311 g/mol. The number of hydrogen-bond donors (Lipinski definition) is 1. The second-order valence-electron chi connectivity index (χ2n) is 3.85. The Labute approximate surface area is 125 Å². The molecule has 2 aromatic rings. The molecule has 0 saturated carbocycles. The molecule has 0 bridgehead atoms. The highest BCUT2D eigenvalue weighted by Gasteiger charge is 2.18. The van der Waals surface area contributed by atoms with Crippen LogP contribution in [-0.4, -0.2) is 17.9 Å². The molecule has 1 heterocycles. The number of nitrogens with zero attached hydrogens (tertiary/aromatic N) is 1. The molecule has 0 aliphatic heterocycles. The van der Waals surface area contributed by atoms with Crippen LogP contribution in [0.3, 0.4) is 0 Å². The van der Waals surface area contributed by atoms with Crippen molar-refractivity contribution in [1.82, 2.24) is 0 Å². The van der Waals surface area contributed by atoms with E-state index in [0.717, 1.165) is 0 Å². The number of halogens is 1. The highest BCUT2D eigenvalue weighted by atomic mass is 35.5. The molecule has 0 fully saturated rings. The van der Waals surface area contributed by atoms with Gasteiger partial charge in [0.2, 0.25) is 0 Å². The lowest BCUT2D eigenvalue weighted by atomic mass is 10.1. The van der Waals surface area contributed by atoms with Gasteiger partial charge in [0.1, 0.15) is 4.99 Å². The van der Waals surface area contributed by atoms with Crippen LogP contribution in [0.1, 0.15) is 15.2 Å². The average Bonchev–Trinajstić information content (AvgIpc) is 2.83. The zero-order valence-electron chi connectivity index (χ0n) is 10.1. The van der Waals surface area contributed by atoms with Crippen LogP contribution < -0.4 is 10.6 Å². The topological polar surface area (TPSA) is 46.3 Å². The van der Waals surface area contributed by atoms with Crippen molar-refractivity contribution in [3.05, 3.63) is 51.2 Å². The smallest absolute Gasteiger partial charge is 0.268 e. The van der Waals surface area contributed by atoms with Crippen molar-refractivity contribution in [3.63, 3.8) is 0 Å². The number of carbonyl (C=O) groups excluding carboxylic acids is 1. The molecular formula is C13H11ClN2OS2. The molecule has 0 saturated heterocycles. The second kappa shape index (κ2) is 5.69. The van der Waals surface area contributed by atoms with Crippen molar-refractivity contribution in [2.75, 3.05) is 11.9 Å². The highest BCUT2D eigenvalue weighted by molar-refractivity contribution is 7.80. The van der Waals surface area contributed by atoms with Gasteiger partial charge in [0.05, 0.1) is 14.9 Å². The summed E-state index contributed by atoms with van der Waals surface area (Å²) in [4.78, 5) is 14.7. The van der Waals surface area contributed by atoms with Gasteiger partial charge in [-0.2, -0.15) is 0 Å². The van der Waals surface area contributed by atoms with Crippen LogP contribution in [0, 0.1) is 0 Å². The van der Waals surface area contributed by atoms with E-state index in [1.165, 1.54) is 16.2 Å². The van der Waals surface area contributed by atoms with E-state index in [9.17, 15) is 4.79 Å². The zero-order chi connectivity index (χ0) is 14.0. The molecule has 0 aliphatic rings. The summed E-state index contributed by atoms with van der Waals surface area (Å²) in [6.07, 6.45) is 0. The number of anilines is 1. The number of benzene rings is 1. The summed E-state index contributed by atoms with van der Waals surface area (Å²) in [6.45, 7) is 0. The minimum absolute atomic E-state index is 0.138. The number of nitrogens with two attached hydrogens (primary N) is 1. The number of thiocarbonyl (C=S) groups is 1. The van der Waals surface area contributed by atoms with E-state index < -0.39 is 0 Å². The van der Waals surface area contributed by atoms with Gasteiger partial charge in [-0.05, 0) is 24.3 Å². The van der Waals surface area contributed by atoms with Crippen molar-refractivity contribution < 1.29 is 4.79 Å². The molecule has 3 nitrogen and oxygen atoms in total. The molecule has 19 heavy (non-hydrogen) atoms. The summed E-state index contributed by atoms with van der Waals surface area (Å²) in [5.74, 6) is -0.138. The Balaban J connectivity index is 2.37. The number of hydrogen-bond acceptors (Lipinski definition) is 3. The molecule has 1 aromatic heterocycles. The van der Waals surface area contributed by atoms with E-state index in [1.54, 1.807) is 25.2 Å². The first-order chi connectivity index (χ1) is 9.00. The number of carbonyl (C=O) groups is 1. The zero-order valence-corrected chi connectivity index (χ0v) is 12.5. The Bertz CT molecular complexity index is 639. The van der Waals surface area contributed by atoms with Crippen LogP contribution in [0.15, 0.2) is 36.4 Å². The SMILES string of the molecule is CN(C(=O)c1ccc(Cl)s1)c1ccccc1C(N)=S. The molecule has 1 aromatic carbocycles. The summed E-state index contributed by atoms with van der Waals surface area (Å²) >= 11 is 12.1. The molecule has 0 radical (unpaired) electrons. The number of para-hydroxylation sites is 1. The van der Waals surface area contributed by atoms with Crippen molar-refractivity contribution in [3.8, 4) is 0 Å². The summed E-state index contributed by atoms with van der Waals surface area (Å²) in [7, 11) is 1.69. The van der Waals surface area contributed by atoms with E-state index in [4.69, 9.17) is 29.6 Å². The highest BCUT2D eigenvalue weighted by Crippen LogP contribution is 2.26. The van der Waals surface area contributed by atoms with Gasteiger partial charge in [-0.15, -0.1) is 11.3 Å².